The molecule has 2 rings (SSSR count). The van der Waals surface area contributed by atoms with Crippen molar-refractivity contribution in [1.29, 1.82) is 0 Å². The van der Waals surface area contributed by atoms with Gasteiger partial charge in [0, 0.05) is 23.5 Å². The predicted molar refractivity (Wildman–Crippen MR) is 93.4 cm³/mol. The summed E-state index contributed by atoms with van der Waals surface area (Å²) in [6.45, 7) is 3.67. The lowest BCUT2D eigenvalue weighted by Gasteiger charge is -2.29. The van der Waals surface area contributed by atoms with Gasteiger partial charge in [0.05, 0.1) is 11.5 Å². The maximum absolute atomic E-state index is 12.5. The lowest BCUT2D eigenvalue weighted by molar-refractivity contribution is -0.156. The molecule has 0 bridgehead atoms. The predicted octanol–water partition coefficient (Wildman–Crippen LogP) is 1.73. The van der Waals surface area contributed by atoms with Gasteiger partial charge in [0.25, 0.3) is 5.91 Å². The van der Waals surface area contributed by atoms with E-state index in [0.29, 0.717) is 13.0 Å². The summed E-state index contributed by atoms with van der Waals surface area (Å²) in [5.74, 6) is -0.887. The summed E-state index contributed by atoms with van der Waals surface area (Å²) in [7, 11) is -3.08. The van der Waals surface area contributed by atoms with Crippen LogP contribution >= 0.6 is 11.3 Å². The Kier molecular flexibility index (Phi) is 6.17. The summed E-state index contributed by atoms with van der Waals surface area (Å²) in [5, 5.41) is 1.89. The number of amides is 1. The maximum atomic E-state index is 12.5. The summed E-state index contributed by atoms with van der Waals surface area (Å²) in [5.41, 5.74) is 0. The minimum atomic E-state index is -3.08. The van der Waals surface area contributed by atoms with Gasteiger partial charge in [0.2, 0.25) is 0 Å². The Hall–Kier alpha value is -1.67. The lowest BCUT2D eigenvalue weighted by Crippen LogP contribution is -2.46. The molecule has 2 atom stereocenters. The molecular weight excluding hydrogens is 350 g/mol. The molecule has 2 heterocycles. The number of thiophene rings is 1. The first-order valence-corrected chi connectivity index (χ1v) is 10.5. The molecule has 132 valence electrons. The fourth-order valence-electron chi connectivity index (χ4n) is 2.65. The Morgan fingerprint density at radius 3 is 2.79 bits per heavy atom. The third kappa shape index (κ3) is 4.91. The first-order valence-electron chi connectivity index (χ1n) is 7.75. The highest BCUT2D eigenvalue weighted by molar-refractivity contribution is 7.91. The van der Waals surface area contributed by atoms with Crippen molar-refractivity contribution in [3.05, 3.63) is 28.5 Å². The normalized spacial score (nSPS) is 20.8. The van der Waals surface area contributed by atoms with Crippen LogP contribution in [-0.4, -0.2) is 55.4 Å². The van der Waals surface area contributed by atoms with E-state index in [4.69, 9.17) is 4.74 Å². The van der Waals surface area contributed by atoms with Crippen LogP contribution in [0.25, 0.3) is 6.08 Å². The summed E-state index contributed by atoms with van der Waals surface area (Å²) >= 11 is 1.49. The van der Waals surface area contributed by atoms with E-state index in [1.54, 1.807) is 13.0 Å². The van der Waals surface area contributed by atoms with E-state index in [1.807, 2.05) is 17.5 Å². The van der Waals surface area contributed by atoms with Crippen LogP contribution in [-0.2, 0) is 24.2 Å². The van der Waals surface area contributed by atoms with Gasteiger partial charge >= 0.3 is 5.97 Å². The lowest BCUT2D eigenvalue weighted by atomic mass is 10.2. The second-order valence-corrected chi connectivity index (χ2v) is 8.82. The monoisotopic (exact) mass is 371 g/mol. The van der Waals surface area contributed by atoms with Crippen molar-refractivity contribution in [2.75, 3.05) is 18.1 Å². The summed E-state index contributed by atoms with van der Waals surface area (Å²) in [4.78, 5) is 26.7. The van der Waals surface area contributed by atoms with Crippen molar-refractivity contribution in [1.82, 2.24) is 4.90 Å². The van der Waals surface area contributed by atoms with Crippen molar-refractivity contribution >= 4 is 39.1 Å². The van der Waals surface area contributed by atoms with Crippen LogP contribution in [0.4, 0.5) is 0 Å². The molecule has 1 amide bonds. The van der Waals surface area contributed by atoms with Crippen LogP contribution < -0.4 is 0 Å². The van der Waals surface area contributed by atoms with Gasteiger partial charge in [-0.05, 0) is 37.8 Å². The Morgan fingerprint density at radius 1 is 1.50 bits per heavy atom. The number of sulfone groups is 1. The number of hydrogen-bond donors (Lipinski definition) is 0. The summed E-state index contributed by atoms with van der Waals surface area (Å²) in [6.07, 6.45) is 2.40. The van der Waals surface area contributed by atoms with Crippen LogP contribution in [0.2, 0.25) is 0 Å². The standard InChI is InChI=1S/C16H21NO5S2/c1-3-17(13-8-10-24(20,21)11-13)16(19)12(2)22-15(18)7-6-14-5-4-9-23-14/h4-7,9,12-13H,3,8,10-11H2,1-2H3/b7-6+. The summed E-state index contributed by atoms with van der Waals surface area (Å²) in [6, 6.07) is 3.40. The molecule has 1 aliphatic rings. The van der Waals surface area contributed by atoms with Gasteiger partial charge in [-0.2, -0.15) is 0 Å². The van der Waals surface area contributed by atoms with Gasteiger partial charge in [0.15, 0.2) is 15.9 Å². The fraction of sp³-hybridized carbons (Fsp3) is 0.500. The Morgan fingerprint density at radius 2 is 2.25 bits per heavy atom. The molecule has 1 saturated heterocycles. The molecule has 0 radical (unpaired) electrons. The van der Waals surface area contributed by atoms with E-state index in [-0.39, 0.29) is 23.5 Å². The van der Waals surface area contributed by atoms with E-state index in [9.17, 15) is 18.0 Å². The van der Waals surface area contributed by atoms with Crippen LogP contribution in [0.15, 0.2) is 23.6 Å². The average molecular weight is 371 g/mol. The molecule has 1 aliphatic heterocycles. The van der Waals surface area contributed by atoms with Crippen LogP contribution in [0.1, 0.15) is 25.1 Å². The van der Waals surface area contributed by atoms with Crippen LogP contribution in [0, 0.1) is 0 Å². The minimum Gasteiger partial charge on any atom is -0.449 e. The molecule has 1 aromatic rings. The van der Waals surface area contributed by atoms with E-state index >= 15 is 0 Å². The minimum absolute atomic E-state index is 0.0223. The highest BCUT2D eigenvalue weighted by atomic mass is 32.2. The van der Waals surface area contributed by atoms with Gasteiger partial charge in [-0.1, -0.05) is 6.07 Å². The van der Waals surface area contributed by atoms with E-state index < -0.39 is 21.9 Å². The highest BCUT2D eigenvalue weighted by Crippen LogP contribution is 2.19. The van der Waals surface area contributed by atoms with Gasteiger partial charge in [-0.15, -0.1) is 11.3 Å². The van der Waals surface area contributed by atoms with Gasteiger partial charge in [0.1, 0.15) is 0 Å². The Balaban J connectivity index is 1.93. The number of rotatable bonds is 6. The topological polar surface area (TPSA) is 80.8 Å². The number of nitrogens with zero attached hydrogens (tertiary/aromatic N) is 1. The van der Waals surface area contributed by atoms with Crippen molar-refractivity contribution in [2.45, 2.75) is 32.4 Å². The van der Waals surface area contributed by atoms with Gasteiger partial charge in [-0.25, -0.2) is 13.2 Å². The molecule has 0 N–H and O–H groups in total. The molecule has 0 saturated carbocycles. The van der Waals surface area contributed by atoms with Crippen molar-refractivity contribution < 1.29 is 22.7 Å². The molecule has 2 unspecified atom stereocenters. The van der Waals surface area contributed by atoms with Gasteiger partial charge < -0.3 is 9.64 Å². The Bertz CT molecular complexity index is 709. The Labute approximate surface area is 146 Å². The second kappa shape index (κ2) is 7.94. The smallest absolute Gasteiger partial charge is 0.331 e. The largest absolute Gasteiger partial charge is 0.449 e. The van der Waals surface area contributed by atoms with Crippen molar-refractivity contribution in [3.8, 4) is 0 Å². The molecule has 24 heavy (non-hydrogen) atoms. The number of esters is 1. The van der Waals surface area contributed by atoms with Gasteiger partial charge in [-0.3, -0.25) is 4.79 Å². The zero-order valence-electron chi connectivity index (χ0n) is 13.7. The molecule has 0 spiro atoms. The number of carbonyl (C=O) groups is 2. The van der Waals surface area contributed by atoms with Crippen LogP contribution in [0.5, 0.6) is 0 Å². The third-order valence-electron chi connectivity index (χ3n) is 3.84. The summed E-state index contributed by atoms with van der Waals surface area (Å²) < 4.78 is 28.3. The molecule has 6 nitrogen and oxygen atoms in total. The first kappa shape index (κ1) is 18.7. The van der Waals surface area contributed by atoms with E-state index in [1.165, 1.54) is 29.2 Å². The number of ether oxygens (including phenoxy) is 1. The SMILES string of the molecule is CCN(C(=O)C(C)OC(=O)/C=C/c1cccs1)C1CCS(=O)(=O)C1. The molecule has 8 heteroatoms. The molecule has 0 aromatic carbocycles. The molecule has 0 aliphatic carbocycles. The van der Waals surface area contributed by atoms with E-state index in [0.717, 1.165) is 4.88 Å². The third-order valence-corrected chi connectivity index (χ3v) is 6.43. The maximum Gasteiger partial charge on any atom is 0.331 e. The quantitative estimate of drug-likeness (QED) is 0.562. The van der Waals surface area contributed by atoms with Crippen molar-refractivity contribution in [2.24, 2.45) is 0 Å². The zero-order chi connectivity index (χ0) is 17.7. The molecule has 1 aromatic heterocycles. The van der Waals surface area contributed by atoms with Crippen LogP contribution in [0.3, 0.4) is 0 Å². The fourth-order valence-corrected chi connectivity index (χ4v) is 5.00. The first-order chi connectivity index (χ1) is 11.3. The number of likely N-dealkylation sites (N-methyl/N-ethyl adjacent to an activating group) is 1. The average Bonchev–Trinajstić information content (AvgIpc) is 3.15. The highest BCUT2D eigenvalue weighted by Gasteiger charge is 2.35. The number of hydrogen-bond acceptors (Lipinski definition) is 6. The molecule has 1 fully saturated rings. The second-order valence-electron chi connectivity index (χ2n) is 5.61. The zero-order valence-corrected chi connectivity index (χ0v) is 15.3. The number of carbonyl (C=O) groups excluding carboxylic acids is 2. The van der Waals surface area contributed by atoms with Crippen molar-refractivity contribution in [3.63, 3.8) is 0 Å². The van der Waals surface area contributed by atoms with E-state index in [2.05, 4.69) is 0 Å². The molecular formula is C16H21NO5S2.